The number of carbonyl (C=O) groups excluding carboxylic acids is 1. The summed E-state index contributed by atoms with van der Waals surface area (Å²) in [6.07, 6.45) is 12.8. The highest BCUT2D eigenvalue weighted by atomic mass is 16.4. The largest absolute Gasteiger partial charge is 0.481 e. The highest BCUT2D eigenvalue weighted by Crippen LogP contribution is 2.68. The van der Waals surface area contributed by atoms with Crippen LogP contribution in [0.1, 0.15) is 98.3 Å². The molecule has 0 aromatic carbocycles. The minimum atomic E-state index is -0.647. The summed E-state index contributed by atoms with van der Waals surface area (Å²) in [6, 6.07) is 0.386. The van der Waals surface area contributed by atoms with Crippen LogP contribution >= 0.6 is 0 Å². The third kappa shape index (κ3) is 3.71. The van der Waals surface area contributed by atoms with E-state index in [0.29, 0.717) is 35.1 Å². The molecule has 0 aliphatic heterocycles. The molecule has 0 spiro atoms. The predicted octanol–water partition coefficient (Wildman–Crippen LogP) is 5.65. The van der Waals surface area contributed by atoms with Crippen LogP contribution in [0.4, 0.5) is 0 Å². The van der Waals surface area contributed by atoms with Crippen LogP contribution in [0, 0.1) is 46.3 Å². The van der Waals surface area contributed by atoms with Crippen LogP contribution in [0.15, 0.2) is 0 Å². The molecule has 4 nitrogen and oxygen atoms in total. The van der Waals surface area contributed by atoms with Gasteiger partial charge in [-0.15, -0.1) is 0 Å². The van der Waals surface area contributed by atoms with Gasteiger partial charge in [0.2, 0.25) is 5.91 Å². The molecular weight excluding hydrogens is 374 g/mol. The van der Waals surface area contributed by atoms with Crippen LogP contribution in [0.2, 0.25) is 0 Å². The van der Waals surface area contributed by atoms with Gasteiger partial charge in [-0.25, -0.2) is 0 Å². The van der Waals surface area contributed by atoms with Crippen LogP contribution in [0.25, 0.3) is 0 Å². The van der Waals surface area contributed by atoms with E-state index < -0.39 is 5.97 Å². The van der Waals surface area contributed by atoms with Crippen LogP contribution in [0.3, 0.4) is 0 Å². The normalized spacial score (nSPS) is 46.3. The predicted molar refractivity (Wildman–Crippen MR) is 119 cm³/mol. The number of amides is 1. The number of nitrogens with one attached hydrogen (secondary N) is 1. The van der Waals surface area contributed by atoms with Gasteiger partial charge in [0, 0.05) is 19.4 Å². The third-order valence-corrected chi connectivity index (χ3v) is 10.6. The van der Waals surface area contributed by atoms with E-state index in [-0.39, 0.29) is 5.91 Å². The molecule has 2 N–H and O–H groups in total. The van der Waals surface area contributed by atoms with Crippen molar-refractivity contribution in [3.05, 3.63) is 0 Å². The average Bonchev–Trinajstić information content (AvgIpc) is 3.03. The highest BCUT2D eigenvalue weighted by Gasteiger charge is 2.60. The Kier molecular flexibility index (Phi) is 6.00. The van der Waals surface area contributed by atoms with Gasteiger partial charge in [-0.3, -0.25) is 9.59 Å². The van der Waals surface area contributed by atoms with E-state index in [1.54, 1.807) is 6.92 Å². The van der Waals surface area contributed by atoms with Gasteiger partial charge in [0.05, 0.1) is 0 Å². The molecule has 4 rings (SSSR count). The van der Waals surface area contributed by atoms with Gasteiger partial charge >= 0.3 is 5.97 Å². The maximum absolute atomic E-state index is 11.6. The fourth-order valence-corrected chi connectivity index (χ4v) is 9.20. The summed E-state index contributed by atoms with van der Waals surface area (Å²) in [4.78, 5) is 22.7. The van der Waals surface area contributed by atoms with Crippen molar-refractivity contribution in [2.45, 2.75) is 104 Å². The van der Waals surface area contributed by atoms with Crippen molar-refractivity contribution in [3.63, 3.8) is 0 Å². The molecule has 4 heteroatoms. The van der Waals surface area contributed by atoms with Crippen molar-refractivity contribution >= 4 is 11.9 Å². The first-order valence-corrected chi connectivity index (χ1v) is 12.6. The molecule has 0 radical (unpaired) electrons. The zero-order chi connectivity index (χ0) is 21.7. The summed E-state index contributed by atoms with van der Waals surface area (Å²) in [5.74, 6) is 4.00. The average molecular weight is 418 g/mol. The lowest BCUT2D eigenvalue weighted by atomic mass is 9.44. The van der Waals surface area contributed by atoms with E-state index in [2.05, 4.69) is 26.1 Å². The maximum Gasteiger partial charge on any atom is 0.303 e. The molecule has 4 fully saturated rings. The minimum absolute atomic E-state index is 0.125. The molecule has 170 valence electrons. The number of rotatable bonds is 5. The molecule has 0 heterocycles. The van der Waals surface area contributed by atoms with Crippen LogP contribution in [-0.2, 0) is 9.59 Å². The molecule has 4 aliphatic carbocycles. The van der Waals surface area contributed by atoms with Crippen molar-refractivity contribution in [2.24, 2.45) is 46.3 Å². The van der Waals surface area contributed by atoms with Crippen molar-refractivity contribution < 1.29 is 14.7 Å². The molecule has 4 aliphatic rings. The number of carbonyl (C=O) groups is 2. The Balaban J connectivity index is 1.47. The van der Waals surface area contributed by atoms with Gasteiger partial charge in [0.1, 0.15) is 0 Å². The lowest BCUT2D eigenvalue weighted by Crippen LogP contribution is -2.55. The standard InChI is InChI=1S/C26H43NO3/c1-16(5-10-24(29)30)21-8-9-22-20-7-6-18-15-19(27-17(2)28)11-13-25(18,3)23(20)12-14-26(21,22)4/h16,18-23H,5-15H2,1-4H3,(H,27,28)(H,29,30)/t16-,18-,19+,20+,21-,22+,23+,25+,26?/m1/s1. The topological polar surface area (TPSA) is 66.4 Å². The van der Waals surface area contributed by atoms with E-state index >= 15 is 0 Å². The number of aliphatic carboxylic acids is 1. The fourth-order valence-electron chi connectivity index (χ4n) is 9.20. The number of carboxylic acid groups (broad SMARTS) is 1. The van der Waals surface area contributed by atoms with Crippen LogP contribution < -0.4 is 5.32 Å². The van der Waals surface area contributed by atoms with Gasteiger partial charge in [0.25, 0.3) is 0 Å². The van der Waals surface area contributed by atoms with Gasteiger partial charge in [-0.1, -0.05) is 20.8 Å². The second-order valence-corrected chi connectivity index (χ2v) is 12.0. The minimum Gasteiger partial charge on any atom is -0.481 e. The summed E-state index contributed by atoms with van der Waals surface area (Å²) < 4.78 is 0. The Bertz CT molecular complexity index is 677. The van der Waals surface area contributed by atoms with Gasteiger partial charge in [-0.2, -0.15) is 0 Å². The summed E-state index contributed by atoms with van der Waals surface area (Å²) in [7, 11) is 0. The molecular formula is C26H43NO3. The van der Waals surface area contributed by atoms with E-state index in [0.717, 1.165) is 36.5 Å². The SMILES string of the molecule is CC(=O)N[C@H]1CC[C@@]2(C)[C@H](CC[C@H]3[C@@H]4CC[C@H]([C@H](C)CCC(=O)O)C4(C)CC[C@@H]32)C1. The Morgan fingerprint density at radius 2 is 1.70 bits per heavy atom. The fraction of sp³-hybridized carbons (Fsp3) is 0.923. The number of hydrogen-bond acceptors (Lipinski definition) is 2. The molecule has 30 heavy (non-hydrogen) atoms. The Hall–Kier alpha value is -1.06. The van der Waals surface area contributed by atoms with Crippen LogP contribution in [0.5, 0.6) is 0 Å². The Morgan fingerprint density at radius 3 is 2.40 bits per heavy atom. The second-order valence-electron chi connectivity index (χ2n) is 12.0. The van der Waals surface area contributed by atoms with Gasteiger partial charge in [0.15, 0.2) is 0 Å². The summed E-state index contributed by atoms with van der Waals surface area (Å²) in [5, 5.41) is 12.3. The number of fused-ring (bicyclic) bond motifs is 5. The molecule has 1 unspecified atom stereocenters. The van der Waals surface area contributed by atoms with Crippen molar-refractivity contribution in [2.75, 3.05) is 0 Å². The summed E-state index contributed by atoms with van der Waals surface area (Å²) in [6.45, 7) is 9.11. The third-order valence-electron chi connectivity index (χ3n) is 10.6. The highest BCUT2D eigenvalue weighted by molar-refractivity contribution is 5.73. The second kappa shape index (κ2) is 8.13. The van der Waals surface area contributed by atoms with E-state index in [1.165, 1.54) is 51.4 Å². The Morgan fingerprint density at radius 1 is 1.00 bits per heavy atom. The summed E-state index contributed by atoms with van der Waals surface area (Å²) >= 11 is 0. The van der Waals surface area contributed by atoms with Gasteiger partial charge < -0.3 is 10.4 Å². The first kappa shape index (κ1) is 22.1. The first-order valence-electron chi connectivity index (χ1n) is 12.6. The van der Waals surface area contributed by atoms with E-state index in [4.69, 9.17) is 5.11 Å². The molecule has 0 aromatic rings. The maximum atomic E-state index is 11.6. The molecule has 0 bridgehead atoms. The lowest BCUT2D eigenvalue weighted by molar-refractivity contribution is -0.137. The molecule has 4 saturated carbocycles. The molecule has 1 amide bonds. The van der Waals surface area contributed by atoms with E-state index in [1.807, 2.05) is 0 Å². The quantitative estimate of drug-likeness (QED) is 0.607. The monoisotopic (exact) mass is 417 g/mol. The number of hydrogen-bond donors (Lipinski definition) is 2. The zero-order valence-corrected chi connectivity index (χ0v) is 19.6. The molecule has 0 aromatic heterocycles. The summed E-state index contributed by atoms with van der Waals surface area (Å²) in [5.41, 5.74) is 0.863. The van der Waals surface area contributed by atoms with Gasteiger partial charge in [-0.05, 0) is 111 Å². The van der Waals surface area contributed by atoms with Crippen molar-refractivity contribution in [1.29, 1.82) is 0 Å². The molecule has 0 saturated heterocycles. The van der Waals surface area contributed by atoms with Crippen LogP contribution in [-0.4, -0.2) is 23.0 Å². The molecule has 9 atom stereocenters. The van der Waals surface area contributed by atoms with Crippen molar-refractivity contribution in [1.82, 2.24) is 5.32 Å². The number of carboxylic acids is 1. The Labute approximate surface area is 183 Å². The zero-order valence-electron chi connectivity index (χ0n) is 19.6. The first-order chi connectivity index (χ1) is 14.1. The van der Waals surface area contributed by atoms with Crippen molar-refractivity contribution in [3.8, 4) is 0 Å². The smallest absolute Gasteiger partial charge is 0.303 e. The van der Waals surface area contributed by atoms with E-state index in [9.17, 15) is 9.59 Å². The lowest BCUT2D eigenvalue weighted by Gasteiger charge is -2.61.